The monoisotopic (exact) mass is 210 g/mol. The Labute approximate surface area is 93.6 Å². The highest BCUT2D eigenvalue weighted by atomic mass is 16.3. The normalized spacial score (nSPS) is 9.69. The van der Waals surface area contributed by atoms with Crippen LogP contribution in [0, 0.1) is 11.3 Å². The number of aromatic hydroxyl groups is 1. The summed E-state index contributed by atoms with van der Waals surface area (Å²) < 4.78 is 0. The first-order valence-corrected chi connectivity index (χ1v) is 4.91. The molecule has 1 aromatic carbocycles. The molecule has 1 heterocycles. The lowest BCUT2D eigenvalue weighted by Gasteiger charge is -2.08. The Bertz CT molecular complexity index is 529. The van der Waals surface area contributed by atoms with Crippen LogP contribution in [0.15, 0.2) is 42.7 Å². The van der Waals surface area contributed by atoms with Crippen molar-refractivity contribution < 1.29 is 5.11 Å². The van der Waals surface area contributed by atoms with Gasteiger partial charge in [0.15, 0.2) is 0 Å². The predicted molar refractivity (Wildman–Crippen MR) is 60.7 cm³/mol. The number of rotatable bonds is 2. The van der Waals surface area contributed by atoms with Gasteiger partial charge in [0.1, 0.15) is 5.75 Å². The van der Waals surface area contributed by atoms with E-state index in [9.17, 15) is 5.11 Å². The van der Waals surface area contributed by atoms with Gasteiger partial charge in [0.05, 0.1) is 18.7 Å². The average molecular weight is 210 g/mol. The van der Waals surface area contributed by atoms with Crippen LogP contribution in [0.4, 0.5) is 0 Å². The maximum Gasteiger partial charge on any atom is 0.141 e. The van der Waals surface area contributed by atoms with Gasteiger partial charge in [-0.3, -0.25) is 4.98 Å². The van der Waals surface area contributed by atoms with E-state index in [0.29, 0.717) is 5.56 Å². The highest BCUT2D eigenvalue weighted by molar-refractivity contribution is 5.73. The highest BCUT2D eigenvalue weighted by Gasteiger charge is 2.09. The van der Waals surface area contributed by atoms with Crippen LogP contribution in [-0.2, 0) is 6.42 Å². The minimum Gasteiger partial charge on any atom is -0.506 e. The lowest BCUT2D eigenvalue weighted by atomic mass is 9.99. The van der Waals surface area contributed by atoms with E-state index in [1.54, 1.807) is 6.20 Å². The van der Waals surface area contributed by atoms with Crippen molar-refractivity contribution in [2.45, 2.75) is 6.42 Å². The second-order valence-corrected chi connectivity index (χ2v) is 3.39. The Hall–Kier alpha value is -2.34. The number of nitriles is 1. The van der Waals surface area contributed by atoms with E-state index in [-0.39, 0.29) is 12.2 Å². The first kappa shape index (κ1) is 10.2. The third-order valence-corrected chi connectivity index (χ3v) is 2.34. The molecular formula is C13H10N2O. The zero-order valence-electron chi connectivity index (χ0n) is 8.59. The standard InChI is InChI=1S/C13H10N2O/c14-7-6-11-8-15-9-12(16)13(11)10-4-2-1-3-5-10/h1-5,8-9,16H,6H2. The predicted octanol–water partition coefficient (Wildman–Crippen LogP) is 2.52. The largest absolute Gasteiger partial charge is 0.506 e. The van der Waals surface area contributed by atoms with Gasteiger partial charge in [-0.1, -0.05) is 30.3 Å². The van der Waals surface area contributed by atoms with Crippen molar-refractivity contribution >= 4 is 0 Å². The average Bonchev–Trinajstić information content (AvgIpc) is 2.31. The third kappa shape index (κ3) is 1.86. The van der Waals surface area contributed by atoms with Crippen molar-refractivity contribution in [1.82, 2.24) is 4.98 Å². The maximum absolute atomic E-state index is 9.80. The molecular weight excluding hydrogens is 200 g/mol. The molecule has 0 saturated carbocycles. The van der Waals surface area contributed by atoms with Gasteiger partial charge < -0.3 is 5.11 Å². The van der Waals surface area contributed by atoms with Gasteiger partial charge in [-0.25, -0.2) is 0 Å². The molecule has 0 unspecified atom stereocenters. The van der Waals surface area contributed by atoms with Crippen LogP contribution in [-0.4, -0.2) is 10.1 Å². The van der Waals surface area contributed by atoms with Crippen LogP contribution in [0.2, 0.25) is 0 Å². The molecule has 0 radical (unpaired) electrons. The number of pyridine rings is 1. The Kier molecular flexibility index (Phi) is 2.84. The van der Waals surface area contributed by atoms with Crippen molar-refractivity contribution in [3.63, 3.8) is 0 Å². The highest BCUT2D eigenvalue weighted by Crippen LogP contribution is 2.31. The fraction of sp³-hybridized carbons (Fsp3) is 0.0769. The summed E-state index contributed by atoms with van der Waals surface area (Å²) in [5.41, 5.74) is 2.33. The lowest BCUT2D eigenvalue weighted by Crippen LogP contribution is -1.90. The van der Waals surface area contributed by atoms with Crippen LogP contribution >= 0.6 is 0 Å². The van der Waals surface area contributed by atoms with Gasteiger partial charge in [-0.05, 0) is 11.1 Å². The number of nitrogens with zero attached hydrogens (tertiary/aromatic N) is 2. The van der Waals surface area contributed by atoms with Gasteiger partial charge in [0.25, 0.3) is 0 Å². The van der Waals surface area contributed by atoms with Gasteiger partial charge in [0.2, 0.25) is 0 Å². The van der Waals surface area contributed by atoms with Crippen molar-refractivity contribution in [1.29, 1.82) is 5.26 Å². The molecule has 0 bridgehead atoms. The number of aromatic nitrogens is 1. The van der Waals surface area contributed by atoms with Gasteiger partial charge in [-0.15, -0.1) is 0 Å². The first-order chi connectivity index (χ1) is 7.83. The summed E-state index contributed by atoms with van der Waals surface area (Å²) in [4.78, 5) is 3.89. The summed E-state index contributed by atoms with van der Waals surface area (Å²) in [7, 11) is 0. The van der Waals surface area contributed by atoms with Crippen LogP contribution in [0.3, 0.4) is 0 Å². The molecule has 0 amide bonds. The summed E-state index contributed by atoms with van der Waals surface area (Å²) in [6.45, 7) is 0. The Morgan fingerprint density at radius 3 is 2.62 bits per heavy atom. The molecule has 0 atom stereocenters. The second kappa shape index (κ2) is 4.45. The number of hydrogen-bond acceptors (Lipinski definition) is 3. The molecule has 0 saturated heterocycles. The molecule has 3 heteroatoms. The van der Waals surface area contributed by atoms with E-state index in [1.807, 2.05) is 30.3 Å². The van der Waals surface area contributed by atoms with E-state index in [4.69, 9.17) is 5.26 Å². The molecule has 0 aliphatic carbocycles. The van der Waals surface area contributed by atoms with E-state index in [1.165, 1.54) is 6.20 Å². The first-order valence-electron chi connectivity index (χ1n) is 4.91. The van der Waals surface area contributed by atoms with Gasteiger partial charge >= 0.3 is 0 Å². The summed E-state index contributed by atoms with van der Waals surface area (Å²) in [5.74, 6) is 0.110. The molecule has 2 rings (SSSR count). The quantitative estimate of drug-likeness (QED) is 0.828. The fourth-order valence-corrected chi connectivity index (χ4v) is 1.65. The molecule has 0 aliphatic heterocycles. The van der Waals surface area contributed by atoms with E-state index in [2.05, 4.69) is 11.1 Å². The molecule has 0 aliphatic rings. The molecule has 0 spiro atoms. The molecule has 1 N–H and O–H groups in total. The van der Waals surface area contributed by atoms with Gasteiger partial charge in [-0.2, -0.15) is 5.26 Å². The minimum atomic E-state index is 0.110. The second-order valence-electron chi connectivity index (χ2n) is 3.39. The van der Waals surface area contributed by atoms with Crippen LogP contribution in [0.1, 0.15) is 5.56 Å². The number of benzene rings is 1. The molecule has 2 aromatic rings. The fourth-order valence-electron chi connectivity index (χ4n) is 1.65. The molecule has 16 heavy (non-hydrogen) atoms. The lowest BCUT2D eigenvalue weighted by molar-refractivity contribution is 0.474. The summed E-state index contributed by atoms with van der Waals surface area (Å²) in [6.07, 6.45) is 3.25. The topological polar surface area (TPSA) is 56.9 Å². The van der Waals surface area contributed by atoms with Crippen LogP contribution in [0.5, 0.6) is 5.75 Å². The minimum absolute atomic E-state index is 0.110. The molecule has 3 nitrogen and oxygen atoms in total. The van der Waals surface area contributed by atoms with Crippen molar-refractivity contribution in [2.24, 2.45) is 0 Å². The Morgan fingerprint density at radius 2 is 1.94 bits per heavy atom. The summed E-state index contributed by atoms with van der Waals surface area (Å²) in [5, 5.41) is 18.5. The SMILES string of the molecule is N#CCc1cncc(O)c1-c1ccccc1. The molecule has 1 aromatic heterocycles. The van der Waals surface area contributed by atoms with Crippen molar-refractivity contribution in [3.8, 4) is 22.9 Å². The van der Waals surface area contributed by atoms with Crippen LogP contribution < -0.4 is 0 Å². The summed E-state index contributed by atoms with van der Waals surface area (Å²) in [6, 6.07) is 11.6. The van der Waals surface area contributed by atoms with E-state index >= 15 is 0 Å². The Balaban J connectivity index is 2.60. The van der Waals surface area contributed by atoms with Crippen LogP contribution in [0.25, 0.3) is 11.1 Å². The zero-order valence-corrected chi connectivity index (χ0v) is 8.59. The van der Waals surface area contributed by atoms with E-state index in [0.717, 1.165) is 11.1 Å². The van der Waals surface area contributed by atoms with E-state index < -0.39 is 0 Å². The zero-order chi connectivity index (χ0) is 11.4. The smallest absolute Gasteiger partial charge is 0.141 e. The van der Waals surface area contributed by atoms with Gasteiger partial charge in [0, 0.05) is 11.8 Å². The van der Waals surface area contributed by atoms with Crippen molar-refractivity contribution in [3.05, 3.63) is 48.3 Å². The number of hydrogen-bond donors (Lipinski definition) is 1. The molecule has 78 valence electrons. The summed E-state index contributed by atoms with van der Waals surface area (Å²) >= 11 is 0. The molecule has 0 fully saturated rings. The maximum atomic E-state index is 9.80. The Morgan fingerprint density at radius 1 is 1.19 bits per heavy atom. The third-order valence-electron chi connectivity index (χ3n) is 2.34. The van der Waals surface area contributed by atoms with Crippen molar-refractivity contribution in [2.75, 3.05) is 0 Å².